The smallest absolute Gasteiger partial charge is 0.107 e. The Morgan fingerprint density at radius 1 is 1.00 bits per heavy atom. The topological polar surface area (TPSA) is 60.7 Å². The van der Waals surface area contributed by atoms with Crippen LogP contribution in [0.2, 0.25) is 0 Å². The normalized spacial score (nSPS) is 55.0. The Bertz CT molecular complexity index is 190. The summed E-state index contributed by atoms with van der Waals surface area (Å²) in [5, 5.41) is 28.0. The molecule has 2 aliphatic carbocycles. The summed E-state index contributed by atoms with van der Waals surface area (Å²) in [6.07, 6.45) is 2.15. The zero-order valence-corrected chi connectivity index (χ0v) is 6.09. The van der Waals surface area contributed by atoms with Gasteiger partial charge in [0.1, 0.15) is 6.10 Å². The zero-order valence-electron chi connectivity index (χ0n) is 6.09. The molecule has 0 saturated heterocycles. The molecule has 0 aromatic carbocycles. The molecule has 5 atom stereocenters. The van der Waals surface area contributed by atoms with Gasteiger partial charge in [-0.15, -0.1) is 0 Å². The van der Waals surface area contributed by atoms with E-state index in [2.05, 4.69) is 0 Å². The minimum Gasteiger partial charge on any atom is -0.390 e. The van der Waals surface area contributed by atoms with Gasteiger partial charge in [0.2, 0.25) is 0 Å². The number of allylic oxidation sites excluding steroid dienone is 1. The van der Waals surface area contributed by atoms with E-state index in [1.54, 1.807) is 0 Å². The maximum absolute atomic E-state index is 9.39. The van der Waals surface area contributed by atoms with E-state index < -0.39 is 18.3 Å². The van der Waals surface area contributed by atoms with Crippen LogP contribution in [-0.4, -0.2) is 33.6 Å². The van der Waals surface area contributed by atoms with Crippen LogP contribution in [0, 0.1) is 11.8 Å². The van der Waals surface area contributed by atoms with Crippen molar-refractivity contribution in [2.75, 3.05) is 0 Å². The molecule has 0 aliphatic heterocycles. The largest absolute Gasteiger partial charge is 0.390 e. The van der Waals surface area contributed by atoms with Crippen LogP contribution < -0.4 is 0 Å². The van der Waals surface area contributed by atoms with Gasteiger partial charge in [0.25, 0.3) is 0 Å². The third-order valence-electron chi connectivity index (χ3n) is 2.79. The van der Waals surface area contributed by atoms with Gasteiger partial charge in [-0.3, -0.25) is 0 Å². The van der Waals surface area contributed by atoms with Gasteiger partial charge in [0, 0.05) is 5.92 Å². The number of fused-ring (bicyclic) bond motifs is 1. The second-order valence-electron chi connectivity index (χ2n) is 3.38. The van der Waals surface area contributed by atoms with Crippen molar-refractivity contribution in [1.82, 2.24) is 0 Å². The van der Waals surface area contributed by atoms with E-state index in [1.807, 2.05) is 12.2 Å². The highest BCUT2D eigenvalue weighted by atomic mass is 16.4. The van der Waals surface area contributed by atoms with E-state index in [0.717, 1.165) is 6.42 Å². The van der Waals surface area contributed by atoms with Crippen molar-refractivity contribution in [3.63, 3.8) is 0 Å². The van der Waals surface area contributed by atoms with E-state index >= 15 is 0 Å². The summed E-state index contributed by atoms with van der Waals surface area (Å²) in [6, 6.07) is 0. The molecule has 62 valence electrons. The first-order valence-electron chi connectivity index (χ1n) is 3.92. The van der Waals surface area contributed by atoms with Crippen molar-refractivity contribution in [2.24, 2.45) is 11.8 Å². The minimum absolute atomic E-state index is 0.0278. The molecule has 0 spiro atoms. The molecular formula is C8H12O3. The average molecular weight is 156 g/mol. The van der Waals surface area contributed by atoms with Crippen LogP contribution in [0.5, 0.6) is 0 Å². The standard InChI is InChI=1S/C8H12O3/c9-6-4-2-1-3-5(4)7(10)8(6)11/h1-2,4-11H,3H2. The molecule has 1 fully saturated rings. The van der Waals surface area contributed by atoms with Gasteiger partial charge in [0.15, 0.2) is 0 Å². The summed E-state index contributed by atoms with van der Waals surface area (Å²) < 4.78 is 0. The first-order valence-corrected chi connectivity index (χ1v) is 3.92. The van der Waals surface area contributed by atoms with Gasteiger partial charge in [-0.25, -0.2) is 0 Å². The summed E-state index contributed by atoms with van der Waals surface area (Å²) >= 11 is 0. The van der Waals surface area contributed by atoms with Crippen LogP contribution in [0.15, 0.2) is 12.2 Å². The van der Waals surface area contributed by atoms with Crippen LogP contribution in [0.3, 0.4) is 0 Å². The zero-order chi connectivity index (χ0) is 8.01. The van der Waals surface area contributed by atoms with E-state index in [1.165, 1.54) is 0 Å². The summed E-state index contributed by atoms with van der Waals surface area (Å²) in [5.74, 6) is 0.0139. The van der Waals surface area contributed by atoms with Gasteiger partial charge in [-0.05, 0) is 12.3 Å². The fourth-order valence-electron chi connectivity index (χ4n) is 2.11. The highest BCUT2D eigenvalue weighted by Crippen LogP contribution is 2.40. The Morgan fingerprint density at radius 3 is 2.36 bits per heavy atom. The van der Waals surface area contributed by atoms with Crippen LogP contribution in [-0.2, 0) is 0 Å². The molecule has 11 heavy (non-hydrogen) atoms. The molecule has 0 heterocycles. The number of hydrogen-bond acceptors (Lipinski definition) is 3. The lowest BCUT2D eigenvalue weighted by Gasteiger charge is -2.12. The highest BCUT2D eigenvalue weighted by Gasteiger charge is 2.48. The van der Waals surface area contributed by atoms with E-state index in [4.69, 9.17) is 0 Å². The number of aliphatic hydroxyl groups is 3. The summed E-state index contributed by atoms with van der Waals surface area (Å²) in [6.45, 7) is 0. The van der Waals surface area contributed by atoms with Gasteiger partial charge < -0.3 is 15.3 Å². The third-order valence-corrected chi connectivity index (χ3v) is 2.79. The fraction of sp³-hybridized carbons (Fsp3) is 0.750. The lowest BCUT2D eigenvalue weighted by atomic mass is 9.98. The highest BCUT2D eigenvalue weighted by molar-refractivity contribution is 5.13. The molecule has 0 radical (unpaired) electrons. The first kappa shape index (κ1) is 7.28. The van der Waals surface area contributed by atoms with Gasteiger partial charge in [-0.2, -0.15) is 0 Å². The Morgan fingerprint density at radius 2 is 1.73 bits per heavy atom. The maximum atomic E-state index is 9.39. The quantitative estimate of drug-likeness (QED) is 0.405. The lowest BCUT2D eigenvalue weighted by Crippen LogP contribution is -2.31. The predicted octanol–water partition coefficient (Wildman–Crippen LogP) is -0.725. The number of hydrogen-bond donors (Lipinski definition) is 3. The van der Waals surface area contributed by atoms with Crippen LogP contribution in [0.1, 0.15) is 6.42 Å². The minimum atomic E-state index is -0.949. The van der Waals surface area contributed by atoms with Crippen LogP contribution in [0.4, 0.5) is 0 Å². The van der Waals surface area contributed by atoms with Crippen molar-refractivity contribution < 1.29 is 15.3 Å². The number of rotatable bonds is 0. The maximum Gasteiger partial charge on any atom is 0.107 e. The fourth-order valence-corrected chi connectivity index (χ4v) is 2.11. The Labute approximate surface area is 65.0 Å². The molecule has 0 aromatic heterocycles. The van der Waals surface area contributed by atoms with E-state index in [-0.39, 0.29) is 11.8 Å². The second-order valence-corrected chi connectivity index (χ2v) is 3.38. The molecule has 0 aromatic rings. The van der Waals surface area contributed by atoms with Crippen LogP contribution >= 0.6 is 0 Å². The molecule has 2 rings (SSSR count). The molecule has 3 heteroatoms. The predicted molar refractivity (Wildman–Crippen MR) is 38.8 cm³/mol. The molecule has 3 N–H and O–H groups in total. The molecule has 5 unspecified atom stereocenters. The number of aliphatic hydroxyl groups excluding tert-OH is 3. The van der Waals surface area contributed by atoms with E-state index in [9.17, 15) is 15.3 Å². The molecule has 3 nitrogen and oxygen atoms in total. The van der Waals surface area contributed by atoms with Crippen LogP contribution in [0.25, 0.3) is 0 Å². The second kappa shape index (κ2) is 2.30. The third kappa shape index (κ3) is 0.851. The van der Waals surface area contributed by atoms with Gasteiger partial charge >= 0.3 is 0 Å². The Balaban J connectivity index is 2.22. The van der Waals surface area contributed by atoms with Crippen molar-refractivity contribution in [1.29, 1.82) is 0 Å². The van der Waals surface area contributed by atoms with E-state index in [0.29, 0.717) is 0 Å². The SMILES string of the molecule is OC1C(O)C2C=CCC2C1O. The first-order chi connectivity index (χ1) is 5.22. The molecule has 2 aliphatic rings. The van der Waals surface area contributed by atoms with Crippen molar-refractivity contribution in [3.05, 3.63) is 12.2 Å². The molecular weight excluding hydrogens is 144 g/mol. The summed E-state index contributed by atoms with van der Waals surface area (Å²) in [5.41, 5.74) is 0. The molecule has 0 bridgehead atoms. The average Bonchev–Trinajstić information content (AvgIpc) is 2.53. The van der Waals surface area contributed by atoms with Crippen molar-refractivity contribution >= 4 is 0 Å². The Kier molecular flexibility index (Phi) is 1.52. The Hall–Kier alpha value is -0.380. The van der Waals surface area contributed by atoms with Crippen molar-refractivity contribution in [3.8, 4) is 0 Å². The molecule has 1 saturated carbocycles. The van der Waals surface area contributed by atoms with Gasteiger partial charge in [-0.1, -0.05) is 12.2 Å². The molecule has 0 amide bonds. The summed E-state index contributed by atoms with van der Waals surface area (Å²) in [7, 11) is 0. The van der Waals surface area contributed by atoms with Crippen molar-refractivity contribution in [2.45, 2.75) is 24.7 Å². The summed E-state index contributed by atoms with van der Waals surface area (Å²) in [4.78, 5) is 0. The lowest BCUT2D eigenvalue weighted by molar-refractivity contribution is -0.0283. The van der Waals surface area contributed by atoms with Gasteiger partial charge in [0.05, 0.1) is 12.2 Å². The monoisotopic (exact) mass is 156 g/mol.